The molecule has 0 radical (unpaired) electrons. The summed E-state index contributed by atoms with van der Waals surface area (Å²) in [5.41, 5.74) is 6.55. The topological polar surface area (TPSA) is 74.2 Å². The molecule has 2 aromatic rings. The van der Waals surface area contributed by atoms with E-state index in [-0.39, 0.29) is 0 Å². The van der Waals surface area contributed by atoms with Gasteiger partial charge in [-0.15, -0.1) is 0 Å². The standard InChI is InChI=1S/C13H15N3O2/c1-17-10-6-3-2-5-9(10)11-15-12(18-16-11)13(14)7-4-8-13/h2-3,5-6H,4,7-8,14H2,1H3. The van der Waals surface area contributed by atoms with E-state index in [1.54, 1.807) is 7.11 Å². The minimum absolute atomic E-state index is 0.423. The molecule has 1 heterocycles. The molecule has 1 fully saturated rings. The van der Waals surface area contributed by atoms with Gasteiger partial charge in [0.25, 0.3) is 0 Å². The summed E-state index contributed by atoms with van der Waals surface area (Å²) >= 11 is 0. The number of methoxy groups -OCH3 is 1. The number of hydrogen-bond donors (Lipinski definition) is 1. The van der Waals surface area contributed by atoms with Crippen LogP contribution in [0.1, 0.15) is 25.2 Å². The van der Waals surface area contributed by atoms with Crippen LogP contribution >= 0.6 is 0 Å². The van der Waals surface area contributed by atoms with Crippen molar-refractivity contribution < 1.29 is 9.26 Å². The minimum atomic E-state index is -0.423. The van der Waals surface area contributed by atoms with Crippen LogP contribution in [-0.4, -0.2) is 17.3 Å². The number of hydrogen-bond acceptors (Lipinski definition) is 5. The van der Waals surface area contributed by atoms with Crippen LogP contribution in [0.25, 0.3) is 11.4 Å². The van der Waals surface area contributed by atoms with Crippen LogP contribution < -0.4 is 10.5 Å². The first-order chi connectivity index (χ1) is 8.73. The van der Waals surface area contributed by atoms with Crippen LogP contribution in [0.3, 0.4) is 0 Å². The molecule has 0 atom stereocenters. The normalized spacial score (nSPS) is 17.2. The zero-order valence-electron chi connectivity index (χ0n) is 10.2. The smallest absolute Gasteiger partial charge is 0.247 e. The van der Waals surface area contributed by atoms with Gasteiger partial charge in [0, 0.05) is 0 Å². The van der Waals surface area contributed by atoms with Crippen LogP contribution in [-0.2, 0) is 5.54 Å². The molecule has 0 amide bonds. The van der Waals surface area contributed by atoms with Gasteiger partial charge in [-0.1, -0.05) is 17.3 Å². The molecule has 0 unspecified atom stereocenters. The molecule has 2 N–H and O–H groups in total. The fourth-order valence-corrected chi connectivity index (χ4v) is 2.14. The van der Waals surface area contributed by atoms with Crippen molar-refractivity contribution in [2.24, 2.45) is 5.73 Å². The van der Waals surface area contributed by atoms with Gasteiger partial charge in [-0.05, 0) is 31.4 Å². The Morgan fingerprint density at radius 2 is 2.11 bits per heavy atom. The van der Waals surface area contributed by atoms with E-state index in [0.717, 1.165) is 30.6 Å². The highest BCUT2D eigenvalue weighted by atomic mass is 16.5. The molecule has 1 aliphatic carbocycles. The lowest BCUT2D eigenvalue weighted by Crippen LogP contribution is -2.43. The highest BCUT2D eigenvalue weighted by Gasteiger charge is 2.40. The molecule has 0 saturated heterocycles. The van der Waals surface area contributed by atoms with Crippen LogP contribution in [0, 0.1) is 0 Å². The van der Waals surface area contributed by atoms with Gasteiger partial charge in [0.1, 0.15) is 5.75 Å². The van der Waals surface area contributed by atoms with Crippen LogP contribution in [0.4, 0.5) is 0 Å². The maximum absolute atomic E-state index is 6.16. The lowest BCUT2D eigenvalue weighted by atomic mass is 9.78. The second kappa shape index (κ2) is 4.10. The highest BCUT2D eigenvalue weighted by Crippen LogP contribution is 2.38. The van der Waals surface area contributed by atoms with Gasteiger partial charge in [-0.2, -0.15) is 4.98 Å². The number of aromatic nitrogens is 2. The molecule has 18 heavy (non-hydrogen) atoms. The van der Waals surface area contributed by atoms with E-state index in [4.69, 9.17) is 15.0 Å². The molecule has 1 aromatic carbocycles. The van der Waals surface area contributed by atoms with Crippen molar-refractivity contribution in [1.82, 2.24) is 10.1 Å². The van der Waals surface area contributed by atoms with E-state index in [0.29, 0.717) is 11.7 Å². The number of para-hydroxylation sites is 1. The predicted octanol–water partition coefficient (Wildman–Crippen LogP) is 2.08. The van der Waals surface area contributed by atoms with Crippen molar-refractivity contribution in [3.05, 3.63) is 30.2 Å². The largest absolute Gasteiger partial charge is 0.496 e. The molecule has 94 valence electrons. The first-order valence-electron chi connectivity index (χ1n) is 5.99. The van der Waals surface area contributed by atoms with Gasteiger partial charge in [-0.3, -0.25) is 0 Å². The van der Waals surface area contributed by atoms with Crippen LogP contribution in [0.2, 0.25) is 0 Å². The molecule has 0 aliphatic heterocycles. The SMILES string of the molecule is COc1ccccc1-c1noc(C2(N)CCC2)n1. The lowest BCUT2D eigenvalue weighted by molar-refractivity contribution is 0.181. The zero-order valence-corrected chi connectivity index (χ0v) is 10.2. The third-order valence-electron chi connectivity index (χ3n) is 3.45. The van der Waals surface area contributed by atoms with E-state index in [1.807, 2.05) is 24.3 Å². The van der Waals surface area contributed by atoms with Crippen molar-refractivity contribution >= 4 is 0 Å². The number of nitrogens with two attached hydrogens (primary N) is 1. The Morgan fingerprint density at radius 3 is 2.78 bits per heavy atom. The van der Waals surface area contributed by atoms with E-state index < -0.39 is 5.54 Å². The molecule has 0 bridgehead atoms. The van der Waals surface area contributed by atoms with Gasteiger partial charge in [0.15, 0.2) is 0 Å². The summed E-state index contributed by atoms with van der Waals surface area (Å²) in [6, 6.07) is 7.58. The van der Waals surface area contributed by atoms with E-state index in [9.17, 15) is 0 Å². The first-order valence-corrected chi connectivity index (χ1v) is 5.99. The Hall–Kier alpha value is -1.88. The monoisotopic (exact) mass is 245 g/mol. The predicted molar refractivity (Wildman–Crippen MR) is 66.0 cm³/mol. The van der Waals surface area contributed by atoms with E-state index in [2.05, 4.69) is 10.1 Å². The average Bonchev–Trinajstić information content (AvgIpc) is 2.85. The third kappa shape index (κ3) is 1.67. The molecular formula is C13H15N3O2. The fourth-order valence-electron chi connectivity index (χ4n) is 2.14. The minimum Gasteiger partial charge on any atom is -0.496 e. The molecular weight excluding hydrogens is 230 g/mol. The van der Waals surface area contributed by atoms with E-state index >= 15 is 0 Å². The van der Waals surface area contributed by atoms with Gasteiger partial charge in [-0.25, -0.2) is 0 Å². The number of benzene rings is 1. The summed E-state index contributed by atoms with van der Waals surface area (Å²) in [5, 5.41) is 4.00. The number of nitrogens with zero attached hydrogens (tertiary/aromatic N) is 2. The summed E-state index contributed by atoms with van der Waals surface area (Å²) in [6.07, 6.45) is 2.92. The molecule has 5 nitrogen and oxygen atoms in total. The van der Waals surface area contributed by atoms with Crippen LogP contribution in [0.15, 0.2) is 28.8 Å². The Kier molecular flexibility index (Phi) is 2.56. The zero-order chi connectivity index (χ0) is 12.6. The summed E-state index contributed by atoms with van der Waals surface area (Å²) < 4.78 is 10.6. The van der Waals surface area contributed by atoms with Crippen molar-refractivity contribution in [1.29, 1.82) is 0 Å². The quantitative estimate of drug-likeness (QED) is 0.896. The Labute approximate surface area is 105 Å². The summed E-state index contributed by atoms with van der Waals surface area (Å²) in [5.74, 6) is 1.78. The van der Waals surface area contributed by atoms with Crippen molar-refractivity contribution in [3.8, 4) is 17.1 Å². The van der Waals surface area contributed by atoms with Gasteiger partial charge >= 0.3 is 0 Å². The molecule has 0 spiro atoms. The second-order valence-corrected chi connectivity index (χ2v) is 4.63. The van der Waals surface area contributed by atoms with Crippen molar-refractivity contribution in [3.63, 3.8) is 0 Å². The Morgan fingerprint density at radius 1 is 1.33 bits per heavy atom. The van der Waals surface area contributed by atoms with Crippen LogP contribution in [0.5, 0.6) is 5.75 Å². The molecule has 1 saturated carbocycles. The lowest BCUT2D eigenvalue weighted by Gasteiger charge is -2.33. The number of ether oxygens (including phenoxy) is 1. The molecule has 1 aliphatic rings. The highest BCUT2D eigenvalue weighted by molar-refractivity contribution is 5.63. The molecule has 5 heteroatoms. The van der Waals surface area contributed by atoms with Crippen molar-refractivity contribution in [2.75, 3.05) is 7.11 Å². The second-order valence-electron chi connectivity index (χ2n) is 4.63. The molecule has 3 rings (SSSR count). The third-order valence-corrected chi connectivity index (χ3v) is 3.45. The number of rotatable bonds is 3. The Balaban J connectivity index is 1.98. The first kappa shape index (κ1) is 11.2. The fraction of sp³-hybridized carbons (Fsp3) is 0.385. The van der Waals surface area contributed by atoms with Gasteiger partial charge in [0.2, 0.25) is 11.7 Å². The summed E-state index contributed by atoms with van der Waals surface area (Å²) in [4.78, 5) is 4.40. The maximum atomic E-state index is 6.16. The summed E-state index contributed by atoms with van der Waals surface area (Å²) in [7, 11) is 1.62. The van der Waals surface area contributed by atoms with Crippen molar-refractivity contribution in [2.45, 2.75) is 24.8 Å². The average molecular weight is 245 g/mol. The summed E-state index contributed by atoms with van der Waals surface area (Å²) in [6.45, 7) is 0. The van der Waals surface area contributed by atoms with E-state index in [1.165, 1.54) is 0 Å². The van der Waals surface area contributed by atoms with Gasteiger partial charge in [0.05, 0.1) is 18.2 Å². The van der Waals surface area contributed by atoms with Gasteiger partial charge < -0.3 is 15.0 Å². The maximum Gasteiger partial charge on any atom is 0.247 e. The molecule has 1 aromatic heterocycles. The Bertz CT molecular complexity index is 561.